The van der Waals surface area contributed by atoms with Crippen molar-refractivity contribution in [1.29, 1.82) is 0 Å². The topological polar surface area (TPSA) is 55.1 Å². The van der Waals surface area contributed by atoms with Gasteiger partial charge in [0.05, 0.1) is 0 Å². The summed E-state index contributed by atoms with van der Waals surface area (Å²) in [4.78, 5) is 12.8. The molecule has 0 aliphatic rings. The lowest BCUT2D eigenvalue weighted by Gasteiger charge is -2.30. The van der Waals surface area contributed by atoms with Crippen molar-refractivity contribution < 1.29 is 9.18 Å². The van der Waals surface area contributed by atoms with Crippen molar-refractivity contribution in [2.75, 3.05) is 12.8 Å². The molecule has 0 aliphatic carbocycles. The lowest BCUT2D eigenvalue weighted by molar-refractivity contribution is -0.123. The Morgan fingerprint density at radius 2 is 1.95 bits per heavy atom. The number of amides is 1. The van der Waals surface area contributed by atoms with Crippen LogP contribution < -0.4 is 11.1 Å². The highest BCUT2D eigenvalue weighted by Gasteiger charge is 2.36. The maximum Gasteiger partial charge on any atom is 0.243 e. The zero-order valence-electron chi connectivity index (χ0n) is 11.7. The Hall–Kier alpha value is -1.85. The first-order chi connectivity index (χ1) is 10.1. The molecule has 0 bridgehead atoms. The predicted octanol–water partition coefficient (Wildman–Crippen LogP) is 2.52. The summed E-state index contributed by atoms with van der Waals surface area (Å²) < 4.78 is 13.2. The average molecular weight is 304 g/mol. The fraction of sp³-hybridized carbons (Fsp3) is 0.188. The highest BCUT2D eigenvalue weighted by atomic mass is 32.2. The largest absolute Gasteiger partial charge is 0.368 e. The maximum absolute atomic E-state index is 13.2. The van der Waals surface area contributed by atoms with Crippen LogP contribution in [0.3, 0.4) is 0 Å². The van der Waals surface area contributed by atoms with E-state index in [0.717, 1.165) is 10.5 Å². The van der Waals surface area contributed by atoms with Crippen LogP contribution in [0.15, 0.2) is 59.5 Å². The highest BCUT2D eigenvalue weighted by Crippen LogP contribution is 2.29. The minimum atomic E-state index is -0.988. The number of thioether (sulfide) groups is 1. The number of carbonyl (C=O) groups excluding carboxylic acids is 1. The van der Waals surface area contributed by atoms with Gasteiger partial charge < -0.3 is 11.1 Å². The molecule has 0 saturated heterocycles. The second kappa shape index (κ2) is 6.74. The summed E-state index contributed by atoms with van der Waals surface area (Å²) >= 11 is 1.39. The van der Waals surface area contributed by atoms with Gasteiger partial charge in [0.25, 0.3) is 0 Å². The molecule has 1 atom stereocenters. The van der Waals surface area contributed by atoms with Crippen molar-refractivity contribution in [2.24, 2.45) is 5.73 Å². The number of primary amides is 1. The average Bonchev–Trinajstić information content (AvgIpc) is 2.49. The lowest BCUT2D eigenvalue weighted by atomic mass is 9.91. The lowest BCUT2D eigenvalue weighted by Crippen LogP contribution is -2.53. The van der Waals surface area contributed by atoms with Crippen molar-refractivity contribution in [3.05, 3.63) is 66.0 Å². The molecule has 0 spiro atoms. The minimum absolute atomic E-state index is 0.297. The van der Waals surface area contributed by atoms with E-state index in [1.807, 2.05) is 30.3 Å². The summed E-state index contributed by atoms with van der Waals surface area (Å²) in [5, 5.41) is 3.03. The number of benzene rings is 2. The second-order valence-corrected chi connectivity index (χ2v) is 5.68. The van der Waals surface area contributed by atoms with E-state index in [0.29, 0.717) is 5.75 Å². The van der Waals surface area contributed by atoms with E-state index in [2.05, 4.69) is 5.32 Å². The first-order valence-corrected chi connectivity index (χ1v) is 7.50. The molecule has 0 aliphatic heterocycles. The van der Waals surface area contributed by atoms with E-state index in [1.165, 1.54) is 23.9 Å². The van der Waals surface area contributed by atoms with Crippen LogP contribution in [0, 0.1) is 5.82 Å². The fourth-order valence-corrected chi connectivity index (χ4v) is 3.31. The van der Waals surface area contributed by atoms with Crippen molar-refractivity contribution >= 4 is 17.7 Å². The summed E-state index contributed by atoms with van der Waals surface area (Å²) in [6.07, 6.45) is 0. The Balaban J connectivity index is 2.27. The van der Waals surface area contributed by atoms with Crippen LogP contribution in [0.25, 0.3) is 0 Å². The molecule has 21 heavy (non-hydrogen) atoms. The molecule has 110 valence electrons. The number of rotatable bonds is 6. The van der Waals surface area contributed by atoms with Gasteiger partial charge in [0.1, 0.15) is 11.4 Å². The first-order valence-electron chi connectivity index (χ1n) is 6.51. The molecule has 5 heteroatoms. The van der Waals surface area contributed by atoms with Crippen molar-refractivity contribution in [1.82, 2.24) is 5.32 Å². The van der Waals surface area contributed by atoms with Gasteiger partial charge >= 0.3 is 0 Å². The molecule has 2 rings (SSSR count). The Morgan fingerprint density at radius 3 is 2.52 bits per heavy atom. The smallest absolute Gasteiger partial charge is 0.243 e. The van der Waals surface area contributed by atoms with Gasteiger partial charge in [-0.25, -0.2) is 4.39 Å². The number of likely N-dealkylation sites (N-methyl/N-ethyl adjacent to an activating group) is 1. The molecule has 3 nitrogen and oxygen atoms in total. The predicted molar refractivity (Wildman–Crippen MR) is 83.5 cm³/mol. The van der Waals surface area contributed by atoms with E-state index >= 15 is 0 Å². The van der Waals surface area contributed by atoms with Gasteiger partial charge in [0.2, 0.25) is 5.91 Å². The number of nitrogens with one attached hydrogen (secondary N) is 1. The normalized spacial score (nSPS) is 13.6. The van der Waals surface area contributed by atoms with E-state index in [9.17, 15) is 9.18 Å². The maximum atomic E-state index is 13.2. The number of halogens is 1. The fourth-order valence-electron chi connectivity index (χ4n) is 2.11. The number of hydrogen-bond donors (Lipinski definition) is 2. The van der Waals surface area contributed by atoms with Crippen LogP contribution in [0.2, 0.25) is 0 Å². The zero-order chi connectivity index (χ0) is 15.3. The zero-order valence-corrected chi connectivity index (χ0v) is 12.5. The molecule has 1 amide bonds. The molecular formula is C16H17FN2OS. The van der Waals surface area contributed by atoms with Crippen LogP contribution in [0.5, 0.6) is 0 Å². The Bertz CT molecular complexity index is 621. The molecule has 0 heterocycles. The van der Waals surface area contributed by atoms with Crippen molar-refractivity contribution in [3.8, 4) is 0 Å². The molecule has 3 N–H and O–H groups in total. The third-order valence-electron chi connectivity index (χ3n) is 3.37. The van der Waals surface area contributed by atoms with E-state index in [4.69, 9.17) is 5.73 Å². The third-order valence-corrected chi connectivity index (χ3v) is 4.53. The van der Waals surface area contributed by atoms with Crippen LogP contribution in [-0.4, -0.2) is 18.7 Å². The quantitative estimate of drug-likeness (QED) is 0.806. The Labute approximate surface area is 127 Å². The summed E-state index contributed by atoms with van der Waals surface area (Å²) in [7, 11) is 1.70. The molecule has 0 radical (unpaired) electrons. The standard InChI is InChI=1S/C16H17FN2OS/c1-19-16(15(18)20,12-6-3-2-4-7-12)11-21-14-9-5-8-13(17)10-14/h2-10,19H,11H2,1H3,(H2,18,20). The van der Waals surface area contributed by atoms with Crippen LogP contribution in [0.1, 0.15) is 5.56 Å². The van der Waals surface area contributed by atoms with Crippen LogP contribution in [0.4, 0.5) is 4.39 Å². The molecular weight excluding hydrogens is 287 g/mol. The monoisotopic (exact) mass is 304 g/mol. The van der Waals surface area contributed by atoms with Gasteiger partial charge in [0.15, 0.2) is 0 Å². The van der Waals surface area contributed by atoms with Crippen molar-refractivity contribution in [2.45, 2.75) is 10.4 Å². The minimum Gasteiger partial charge on any atom is -0.368 e. The Morgan fingerprint density at radius 1 is 1.24 bits per heavy atom. The summed E-state index contributed by atoms with van der Waals surface area (Å²) in [6, 6.07) is 15.6. The molecule has 0 aromatic heterocycles. The van der Waals surface area contributed by atoms with E-state index < -0.39 is 11.4 Å². The number of nitrogens with two attached hydrogens (primary N) is 1. The summed E-state index contributed by atoms with van der Waals surface area (Å²) in [5.41, 5.74) is 5.43. The third kappa shape index (κ3) is 3.43. The molecule has 1 unspecified atom stereocenters. The summed E-state index contributed by atoms with van der Waals surface area (Å²) in [6.45, 7) is 0. The molecule has 2 aromatic rings. The van der Waals surface area contributed by atoms with Gasteiger partial charge in [-0.1, -0.05) is 36.4 Å². The van der Waals surface area contributed by atoms with Gasteiger partial charge in [-0.15, -0.1) is 11.8 Å². The van der Waals surface area contributed by atoms with Gasteiger partial charge in [-0.3, -0.25) is 4.79 Å². The highest BCUT2D eigenvalue weighted by molar-refractivity contribution is 7.99. The van der Waals surface area contributed by atoms with E-state index in [1.54, 1.807) is 19.2 Å². The van der Waals surface area contributed by atoms with Crippen molar-refractivity contribution in [3.63, 3.8) is 0 Å². The van der Waals surface area contributed by atoms with Gasteiger partial charge in [-0.2, -0.15) is 0 Å². The molecule has 0 saturated carbocycles. The first kappa shape index (κ1) is 15.5. The molecule has 2 aromatic carbocycles. The molecule has 0 fully saturated rings. The number of carbonyl (C=O) groups is 1. The van der Waals surface area contributed by atoms with Crippen LogP contribution >= 0.6 is 11.8 Å². The van der Waals surface area contributed by atoms with Gasteiger partial charge in [0, 0.05) is 10.6 Å². The second-order valence-electron chi connectivity index (χ2n) is 4.63. The SMILES string of the molecule is CNC(CSc1cccc(F)c1)(C(N)=O)c1ccccc1. The Kier molecular flexibility index (Phi) is 4.98. The summed E-state index contributed by atoms with van der Waals surface area (Å²) in [5.74, 6) is -0.374. The van der Waals surface area contributed by atoms with E-state index in [-0.39, 0.29) is 5.82 Å². The van der Waals surface area contributed by atoms with Gasteiger partial charge in [-0.05, 0) is 30.8 Å². The van der Waals surface area contributed by atoms with Crippen LogP contribution in [-0.2, 0) is 10.3 Å². The number of hydrogen-bond acceptors (Lipinski definition) is 3.